The summed E-state index contributed by atoms with van der Waals surface area (Å²) in [6.45, 7) is 3.46. The van der Waals surface area contributed by atoms with Crippen LogP contribution in [0.4, 0.5) is 10.1 Å². The largest absolute Gasteiger partial charge is 0.335 e. The molecule has 19 heavy (non-hydrogen) atoms. The number of hydrogen-bond donors (Lipinski definition) is 0. The molecule has 1 aromatic carbocycles. The molecule has 7 heteroatoms. The van der Waals surface area contributed by atoms with E-state index in [9.17, 15) is 19.3 Å². The average Bonchev–Trinajstić information content (AvgIpc) is 2.36. The molecule has 5 nitrogen and oxygen atoms in total. The highest BCUT2D eigenvalue weighted by molar-refractivity contribution is 6.18. The lowest BCUT2D eigenvalue weighted by Crippen LogP contribution is -2.46. The molecule has 0 atom stereocenters. The SMILES string of the molecule is CN(C(=O)c1ccc(F)cc1[N+](=O)[O-])C(C)(C)CCl. The molecule has 0 N–H and O–H groups in total. The fraction of sp³-hybridized carbons (Fsp3) is 0.417. The standard InChI is InChI=1S/C12H14ClFN2O3/c1-12(2,7-13)15(3)11(17)9-5-4-8(14)6-10(9)16(18)19/h4-6H,7H2,1-3H3. The number of amides is 1. The summed E-state index contributed by atoms with van der Waals surface area (Å²) >= 11 is 5.76. The minimum absolute atomic E-state index is 0.160. The first-order valence-electron chi connectivity index (χ1n) is 5.49. The topological polar surface area (TPSA) is 63.5 Å². The third kappa shape index (κ3) is 3.20. The normalized spacial score (nSPS) is 11.2. The van der Waals surface area contributed by atoms with Crippen LogP contribution in [0.1, 0.15) is 24.2 Å². The van der Waals surface area contributed by atoms with Gasteiger partial charge in [-0.1, -0.05) is 0 Å². The van der Waals surface area contributed by atoms with Crippen molar-refractivity contribution in [1.82, 2.24) is 4.90 Å². The molecule has 104 valence electrons. The summed E-state index contributed by atoms with van der Waals surface area (Å²) in [5.74, 6) is -1.16. The summed E-state index contributed by atoms with van der Waals surface area (Å²) in [5, 5.41) is 10.9. The molecular weight excluding hydrogens is 275 g/mol. The lowest BCUT2D eigenvalue weighted by Gasteiger charge is -2.33. The first-order chi connectivity index (χ1) is 8.70. The Morgan fingerprint density at radius 1 is 1.53 bits per heavy atom. The van der Waals surface area contributed by atoms with E-state index >= 15 is 0 Å². The van der Waals surface area contributed by atoms with E-state index in [-0.39, 0.29) is 11.4 Å². The minimum atomic E-state index is -0.780. The van der Waals surface area contributed by atoms with Crippen molar-refractivity contribution in [3.05, 3.63) is 39.7 Å². The molecule has 0 saturated heterocycles. The van der Waals surface area contributed by atoms with Gasteiger partial charge in [0.1, 0.15) is 11.4 Å². The summed E-state index contributed by atoms with van der Waals surface area (Å²) < 4.78 is 13.0. The molecule has 0 spiro atoms. The van der Waals surface area contributed by atoms with Gasteiger partial charge in [0.2, 0.25) is 0 Å². The summed E-state index contributed by atoms with van der Waals surface area (Å²) in [5.41, 5.74) is -1.38. The Kier molecular flexibility index (Phi) is 4.47. The lowest BCUT2D eigenvalue weighted by molar-refractivity contribution is -0.385. The van der Waals surface area contributed by atoms with Gasteiger partial charge in [-0.05, 0) is 26.0 Å². The number of rotatable bonds is 4. The van der Waals surface area contributed by atoms with E-state index in [1.165, 1.54) is 11.9 Å². The molecule has 0 fully saturated rings. The molecule has 0 radical (unpaired) electrons. The first kappa shape index (κ1) is 15.4. The van der Waals surface area contributed by atoms with Crippen LogP contribution in [-0.4, -0.2) is 34.2 Å². The van der Waals surface area contributed by atoms with E-state index < -0.39 is 27.9 Å². The van der Waals surface area contributed by atoms with Crippen LogP contribution < -0.4 is 0 Å². The molecule has 0 heterocycles. The van der Waals surface area contributed by atoms with Gasteiger partial charge in [0.25, 0.3) is 11.6 Å². The quantitative estimate of drug-likeness (QED) is 0.486. The van der Waals surface area contributed by atoms with Crippen molar-refractivity contribution in [3.8, 4) is 0 Å². The van der Waals surface area contributed by atoms with Crippen molar-refractivity contribution in [1.29, 1.82) is 0 Å². The van der Waals surface area contributed by atoms with Crippen molar-refractivity contribution in [2.45, 2.75) is 19.4 Å². The number of carbonyl (C=O) groups is 1. The third-order valence-corrected chi connectivity index (χ3v) is 3.58. The Morgan fingerprint density at radius 2 is 2.11 bits per heavy atom. The van der Waals surface area contributed by atoms with Crippen molar-refractivity contribution >= 4 is 23.2 Å². The molecule has 0 aliphatic rings. The van der Waals surface area contributed by atoms with E-state index in [0.717, 1.165) is 18.2 Å². The predicted octanol–water partition coefficient (Wildman–Crippen LogP) is 2.82. The molecule has 0 bridgehead atoms. The maximum absolute atomic E-state index is 13.0. The Labute approximate surface area is 115 Å². The number of halogens is 2. The second-order valence-corrected chi connectivity index (χ2v) is 5.00. The van der Waals surface area contributed by atoms with Crippen molar-refractivity contribution in [3.63, 3.8) is 0 Å². The number of nitro benzene ring substituents is 1. The fourth-order valence-electron chi connectivity index (χ4n) is 1.38. The second-order valence-electron chi connectivity index (χ2n) is 4.73. The van der Waals surface area contributed by atoms with Gasteiger partial charge >= 0.3 is 0 Å². The molecule has 1 amide bonds. The van der Waals surface area contributed by atoms with Crippen LogP contribution in [0.3, 0.4) is 0 Å². The number of benzene rings is 1. The van der Waals surface area contributed by atoms with Crippen LogP contribution in [0.25, 0.3) is 0 Å². The van der Waals surface area contributed by atoms with E-state index in [0.29, 0.717) is 0 Å². The number of hydrogen-bond acceptors (Lipinski definition) is 3. The van der Waals surface area contributed by atoms with Crippen molar-refractivity contribution < 1.29 is 14.1 Å². The van der Waals surface area contributed by atoms with Gasteiger partial charge in [-0.2, -0.15) is 0 Å². The molecule has 1 aromatic rings. The van der Waals surface area contributed by atoms with Gasteiger partial charge in [0.15, 0.2) is 0 Å². The molecule has 0 saturated carbocycles. The monoisotopic (exact) mass is 288 g/mol. The summed E-state index contributed by atoms with van der Waals surface area (Å²) in [6, 6.07) is 2.85. The van der Waals surface area contributed by atoms with Gasteiger partial charge < -0.3 is 4.90 Å². The highest BCUT2D eigenvalue weighted by atomic mass is 35.5. The number of nitro groups is 1. The van der Waals surface area contributed by atoms with Crippen LogP contribution in [-0.2, 0) is 0 Å². The Morgan fingerprint density at radius 3 is 2.58 bits per heavy atom. The van der Waals surface area contributed by atoms with Crippen LogP contribution >= 0.6 is 11.6 Å². The smallest absolute Gasteiger partial charge is 0.285 e. The van der Waals surface area contributed by atoms with Crippen molar-refractivity contribution in [2.24, 2.45) is 0 Å². The second kappa shape index (κ2) is 5.52. The fourth-order valence-corrected chi connectivity index (χ4v) is 1.56. The Bertz CT molecular complexity index is 520. The highest BCUT2D eigenvalue weighted by Gasteiger charge is 2.31. The molecule has 1 rings (SSSR count). The zero-order chi connectivity index (χ0) is 14.8. The molecule has 0 aliphatic heterocycles. The van der Waals surface area contributed by atoms with Crippen LogP contribution in [0.15, 0.2) is 18.2 Å². The van der Waals surface area contributed by atoms with E-state index in [1.807, 2.05) is 0 Å². The predicted molar refractivity (Wildman–Crippen MR) is 69.9 cm³/mol. The van der Waals surface area contributed by atoms with E-state index in [1.54, 1.807) is 13.8 Å². The highest BCUT2D eigenvalue weighted by Crippen LogP contribution is 2.24. The molecular formula is C12H14ClFN2O3. The Hall–Kier alpha value is -1.69. The molecule has 0 aliphatic carbocycles. The number of carbonyl (C=O) groups excluding carboxylic acids is 1. The molecule has 0 unspecified atom stereocenters. The van der Waals surface area contributed by atoms with Crippen LogP contribution in [0, 0.1) is 15.9 Å². The van der Waals surface area contributed by atoms with E-state index in [2.05, 4.69) is 0 Å². The van der Waals surface area contributed by atoms with Gasteiger partial charge in [0.05, 0.1) is 16.5 Å². The number of alkyl halides is 1. The van der Waals surface area contributed by atoms with Gasteiger partial charge in [-0.3, -0.25) is 14.9 Å². The van der Waals surface area contributed by atoms with Crippen molar-refractivity contribution in [2.75, 3.05) is 12.9 Å². The van der Waals surface area contributed by atoms with E-state index in [4.69, 9.17) is 11.6 Å². The maximum atomic E-state index is 13.0. The third-order valence-electron chi connectivity index (χ3n) is 2.93. The number of nitrogens with zero attached hydrogens (tertiary/aromatic N) is 2. The van der Waals surface area contributed by atoms with Gasteiger partial charge in [0, 0.05) is 12.9 Å². The van der Waals surface area contributed by atoms with Crippen LogP contribution in [0.2, 0.25) is 0 Å². The first-order valence-corrected chi connectivity index (χ1v) is 6.02. The van der Waals surface area contributed by atoms with Gasteiger partial charge in [-0.25, -0.2) is 4.39 Å². The Balaban J connectivity index is 3.24. The van der Waals surface area contributed by atoms with Crippen LogP contribution in [0.5, 0.6) is 0 Å². The average molecular weight is 289 g/mol. The molecule has 0 aromatic heterocycles. The maximum Gasteiger partial charge on any atom is 0.285 e. The van der Waals surface area contributed by atoms with Gasteiger partial charge in [-0.15, -0.1) is 11.6 Å². The zero-order valence-electron chi connectivity index (χ0n) is 10.8. The minimum Gasteiger partial charge on any atom is -0.335 e. The summed E-state index contributed by atoms with van der Waals surface area (Å²) in [4.78, 5) is 23.6. The summed E-state index contributed by atoms with van der Waals surface area (Å²) in [6.07, 6.45) is 0. The zero-order valence-corrected chi connectivity index (χ0v) is 11.6. The summed E-state index contributed by atoms with van der Waals surface area (Å²) in [7, 11) is 1.50. The lowest BCUT2D eigenvalue weighted by atomic mass is 10.0.